The Labute approximate surface area is 72.9 Å². The number of carbonyl (C=O) groups excluding carboxylic acids is 1. The fraction of sp³-hybridized carbons (Fsp3) is 0.500. The molecule has 0 aromatic rings. The van der Waals surface area contributed by atoms with Gasteiger partial charge in [0.15, 0.2) is 0 Å². The number of esters is 1. The first-order chi connectivity index (χ1) is 5.83. The largest absolute Gasteiger partial charge is 0.466 e. The Kier molecular flexibility index (Phi) is 3.58. The van der Waals surface area contributed by atoms with Gasteiger partial charge in [-0.15, -0.1) is 0 Å². The van der Waals surface area contributed by atoms with E-state index in [1.165, 1.54) is 0 Å². The summed E-state index contributed by atoms with van der Waals surface area (Å²) in [5, 5.41) is 0. The minimum atomic E-state index is -0.0915. The molecule has 0 aliphatic heterocycles. The molecule has 2 nitrogen and oxygen atoms in total. The lowest BCUT2D eigenvalue weighted by Crippen LogP contribution is -2.05. The van der Waals surface area contributed by atoms with Crippen molar-refractivity contribution in [3.8, 4) is 0 Å². The third-order valence-electron chi connectivity index (χ3n) is 1.81. The summed E-state index contributed by atoms with van der Waals surface area (Å²) >= 11 is 0. The molecule has 0 amide bonds. The average Bonchev–Trinajstić information content (AvgIpc) is 2.53. The predicted molar refractivity (Wildman–Crippen MR) is 47.6 cm³/mol. The van der Waals surface area contributed by atoms with Crippen LogP contribution in [0.5, 0.6) is 0 Å². The van der Waals surface area contributed by atoms with Crippen LogP contribution in [0, 0.1) is 5.92 Å². The SMILES string of the molecule is CCOC(=O)CCC1C=CC=C1. The molecule has 0 unspecified atom stereocenters. The van der Waals surface area contributed by atoms with Gasteiger partial charge in [-0.1, -0.05) is 24.3 Å². The number of ether oxygens (including phenoxy) is 1. The summed E-state index contributed by atoms with van der Waals surface area (Å²) in [6.45, 7) is 2.31. The number of hydrogen-bond donors (Lipinski definition) is 0. The van der Waals surface area contributed by atoms with E-state index in [0.29, 0.717) is 18.9 Å². The fourth-order valence-corrected chi connectivity index (χ4v) is 1.19. The van der Waals surface area contributed by atoms with Gasteiger partial charge in [-0.2, -0.15) is 0 Å². The van der Waals surface area contributed by atoms with E-state index in [9.17, 15) is 4.79 Å². The van der Waals surface area contributed by atoms with E-state index in [-0.39, 0.29) is 5.97 Å². The van der Waals surface area contributed by atoms with E-state index in [2.05, 4.69) is 12.2 Å². The lowest BCUT2D eigenvalue weighted by Gasteiger charge is -2.04. The lowest BCUT2D eigenvalue weighted by atomic mass is 10.1. The molecule has 0 heterocycles. The molecule has 0 N–H and O–H groups in total. The second-order valence-electron chi connectivity index (χ2n) is 2.78. The molecule has 0 fully saturated rings. The molecule has 0 spiro atoms. The van der Waals surface area contributed by atoms with Crippen molar-refractivity contribution < 1.29 is 9.53 Å². The summed E-state index contributed by atoms with van der Waals surface area (Å²) in [5.74, 6) is 0.348. The molecule has 0 aromatic heterocycles. The zero-order chi connectivity index (χ0) is 8.81. The molecule has 1 rings (SSSR count). The highest BCUT2D eigenvalue weighted by Crippen LogP contribution is 2.15. The normalized spacial score (nSPS) is 15.4. The molecular weight excluding hydrogens is 152 g/mol. The minimum Gasteiger partial charge on any atom is -0.466 e. The monoisotopic (exact) mass is 166 g/mol. The summed E-state index contributed by atoms with van der Waals surface area (Å²) in [7, 11) is 0. The summed E-state index contributed by atoms with van der Waals surface area (Å²) < 4.78 is 4.81. The molecule has 66 valence electrons. The van der Waals surface area contributed by atoms with Gasteiger partial charge in [0.1, 0.15) is 0 Å². The van der Waals surface area contributed by atoms with Gasteiger partial charge in [0.2, 0.25) is 0 Å². The number of carbonyl (C=O) groups is 1. The molecule has 1 aliphatic rings. The van der Waals surface area contributed by atoms with Crippen LogP contribution >= 0.6 is 0 Å². The number of allylic oxidation sites excluding steroid dienone is 4. The summed E-state index contributed by atoms with van der Waals surface area (Å²) in [5.41, 5.74) is 0. The molecule has 0 saturated heterocycles. The zero-order valence-corrected chi connectivity index (χ0v) is 7.32. The zero-order valence-electron chi connectivity index (χ0n) is 7.32. The molecule has 12 heavy (non-hydrogen) atoms. The van der Waals surface area contributed by atoms with Crippen molar-refractivity contribution in [3.05, 3.63) is 24.3 Å². The highest BCUT2D eigenvalue weighted by Gasteiger charge is 2.07. The third kappa shape index (κ3) is 2.91. The Morgan fingerprint density at radius 3 is 2.67 bits per heavy atom. The van der Waals surface area contributed by atoms with Crippen molar-refractivity contribution in [1.29, 1.82) is 0 Å². The van der Waals surface area contributed by atoms with Gasteiger partial charge in [0.05, 0.1) is 6.61 Å². The van der Waals surface area contributed by atoms with Crippen LogP contribution in [0.25, 0.3) is 0 Å². The molecule has 2 heteroatoms. The molecular formula is C10H14O2. The van der Waals surface area contributed by atoms with Crippen molar-refractivity contribution in [3.63, 3.8) is 0 Å². The molecule has 0 atom stereocenters. The van der Waals surface area contributed by atoms with Gasteiger partial charge in [-0.25, -0.2) is 0 Å². The highest BCUT2D eigenvalue weighted by atomic mass is 16.5. The third-order valence-corrected chi connectivity index (χ3v) is 1.81. The van der Waals surface area contributed by atoms with E-state index in [1.807, 2.05) is 19.1 Å². The first-order valence-electron chi connectivity index (χ1n) is 4.33. The minimum absolute atomic E-state index is 0.0915. The number of hydrogen-bond acceptors (Lipinski definition) is 2. The van der Waals surface area contributed by atoms with Crippen LogP contribution in [0.3, 0.4) is 0 Å². The van der Waals surface area contributed by atoms with Gasteiger partial charge < -0.3 is 4.74 Å². The van der Waals surface area contributed by atoms with Crippen LogP contribution in [0.4, 0.5) is 0 Å². The van der Waals surface area contributed by atoms with Gasteiger partial charge in [-0.05, 0) is 19.3 Å². The van der Waals surface area contributed by atoms with Gasteiger partial charge in [0, 0.05) is 6.42 Å². The van der Waals surface area contributed by atoms with E-state index in [1.54, 1.807) is 0 Å². The lowest BCUT2D eigenvalue weighted by molar-refractivity contribution is -0.143. The topological polar surface area (TPSA) is 26.3 Å². The molecule has 1 aliphatic carbocycles. The molecule has 0 radical (unpaired) electrons. The first-order valence-corrected chi connectivity index (χ1v) is 4.33. The summed E-state index contributed by atoms with van der Waals surface area (Å²) in [6, 6.07) is 0. The van der Waals surface area contributed by atoms with Gasteiger partial charge >= 0.3 is 5.97 Å². The van der Waals surface area contributed by atoms with Crippen LogP contribution < -0.4 is 0 Å². The van der Waals surface area contributed by atoms with E-state index in [0.717, 1.165) is 6.42 Å². The standard InChI is InChI=1S/C10H14O2/c1-2-12-10(11)8-7-9-5-3-4-6-9/h3-6,9H,2,7-8H2,1H3. The maximum absolute atomic E-state index is 10.9. The highest BCUT2D eigenvalue weighted by molar-refractivity contribution is 5.69. The molecule has 0 saturated carbocycles. The Morgan fingerprint density at radius 2 is 2.08 bits per heavy atom. The smallest absolute Gasteiger partial charge is 0.305 e. The van der Waals surface area contributed by atoms with E-state index in [4.69, 9.17) is 4.74 Å². The Bertz CT molecular complexity index is 192. The van der Waals surface area contributed by atoms with Crippen molar-refractivity contribution in [1.82, 2.24) is 0 Å². The quantitative estimate of drug-likeness (QED) is 0.597. The predicted octanol–water partition coefficient (Wildman–Crippen LogP) is 2.07. The molecule has 0 bridgehead atoms. The van der Waals surface area contributed by atoms with Crippen molar-refractivity contribution in [2.24, 2.45) is 5.92 Å². The Balaban J connectivity index is 2.12. The first kappa shape index (κ1) is 9.04. The molecule has 0 aromatic carbocycles. The average molecular weight is 166 g/mol. The second-order valence-corrected chi connectivity index (χ2v) is 2.78. The second kappa shape index (κ2) is 4.75. The van der Waals surface area contributed by atoms with Crippen LogP contribution in [-0.2, 0) is 9.53 Å². The van der Waals surface area contributed by atoms with Gasteiger partial charge in [-0.3, -0.25) is 4.79 Å². The summed E-state index contributed by atoms with van der Waals surface area (Å²) in [4.78, 5) is 10.9. The van der Waals surface area contributed by atoms with Crippen molar-refractivity contribution >= 4 is 5.97 Å². The van der Waals surface area contributed by atoms with Crippen LogP contribution in [0.1, 0.15) is 19.8 Å². The van der Waals surface area contributed by atoms with E-state index < -0.39 is 0 Å². The Morgan fingerprint density at radius 1 is 1.42 bits per heavy atom. The van der Waals surface area contributed by atoms with Crippen LogP contribution in [0.15, 0.2) is 24.3 Å². The Hall–Kier alpha value is -1.05. The fourth-order valence-electron chi connectivity index (χ4n) is 1.19. The maximum atomic E-state index is 10.9. The van der Waals surface area contributed by atoms with Gasteiger partial charge in [0.25, 0.3) is 0 Å². The van der Waals surface area contributed by atoms with Crippen LogP contribution in [-0.4, -0.2) is 12.6 Å². The summed E-state index contributed by atoms with van der Waals surface area (Å²) in [6.07, 6.45) is 9.60. The van der Waals surface area contributed by atoms with Crippen molar-refractivity contribution in [2.75, 3.05) is 6.61 Å². The number of rotatable bonds is 4. The maximum Gasteiger partial charge on any atom is 0.305 e. The van der Waals surface area contributed by atoms with Crippen molar-refractivity contribution in [2.45, 2.75) is 19.8 Å². The van der Waals surface area contributed by atoms with E-state index >= 15 is 0 Å². The van der Waals surface area contributed by atoms with Crippen LogP contribution in [0.2, 0.25) is 0 Å².